The third kappa shape index (κ3) is 4.62. The number of aryl methyl sites for hydroxylation is 1. The number of hydrogen-bond donors (Lipinski definition) is 1. The summed E-state index contributed by atoms with van der Waals surface area (Å²) in [5, 5.41) is 2.94. The summed E-state index contributed by atoms with van der Waals surface area (Å²) >= 11 is 0. The summed E-state index contributed by atoms with van der Waals surface area (Å²) < 4.78 is 5.33. The van der Waals surface area contributed by atoms with Crippen LogP contribution < -0.4 is 10.2 Å². The summed E-state index contributed by atoms with van der Waals surface area (Å²) in [6.45, 7) is 7.78. The van der Waals surface area contributed by atoms with E-state index in [1.807, 2.05) is 24.3 Å². The summed E-state index contributed by atoms with van der Waals surface area (Å²) in [6.07, 6.45) is 2.46. The fraction of sp³-hybridized carbons (Fsp3) is 0.600. The Kier molecular flexibility index (Phi) is 6.63. The van der Waals surface area contributed by atoms with Crippen molar-refractivity contribution < 1.29 is 14.3 Å². The Hall–Kier alpha value is -1.92. The third-order valence-corrected chi connectivity index (χ3v) is 5.23. The monoisotopic (exact) mass is 359 g/mol. The second kappa shape index (κ2) is 9.14. The van der Waals surface area contributed by atoms with Crippen LogP contribution in [0.4, 0.5) is 5.69 Å². The van der Waals surface area contributed by atoms with E-state index in [9.17, 15) is 9.59 Å². The highest BCUT2D eigenvalue weighted by atomic mass is 16.5. The molecule has 0 spiro atoms. The maximum Gasteiger partial charge on any atom is 0.239 e. The van der Waals surface area contributed by atoms with Crippen LogP contribution in [0.2, 0.25) is 0 Å². The average Bonchev–Trinajstić information content (AvgIpc) is 3.07. The molecule has 1 N–H and O–H groups in total. The van der Waals surface area contributed by atoms with Gasteiger partial charge in [-0.05, 0) is 43.5 Å². The number of carbonyl (C=O) groups excluding carboxylic acids is 2. The molecule has 3 rings (SSSR count). The molecule has 1 aromatic rings. The molecule has 1 atom stereocenters. The van der Waals surface area contributed by atoms with Crippen molar-refractivity contribution in [3.63, 3.8) is 0 Å². The van der Waals surface area contributed by atoms with E-state index in [0.29, 0.717) is 19.5 Å². The van der Waals surface area contributed by atoms with E-state index in [4.69, 9.17) is 4.74 Å². The molecule has 0 saturated carbocycles. The number of benzene rings is 1. The lowest BCUT2D eigenvalue weighted by atomic mass is 10.1. The summed E-state index contributed by atoms with van der Waals surface area (Å²) in [6, 6.07) is 8.03. The van der Waals surface area contributed by atoms with Gasteiger partial charge in [0, 0.05) is 31.9 Å². The minimum absolute atomic E-state index is 0.0834. The zero-order chi connectivity index (χ0) is 18.4. The van der Waals surface area contributed by atoms with Crippen LogP contribution in [0.15, 0.2) is 24.3 Å². The maximum absolute atomic E-state index is 12.6. The second-order valence-corrected chi connectivity index (χ2v) is 6.95. The van der Waals surface area contributed by atoms with Gasteiger partial charge in [0.1, 0.15) is 5.92 Å². The average molecular weight is 359 g/mol. The first-order valence-electron chi connectivity index (χ1n) is 9.67. The van der Waals surface area contributed by atoms with Gasteiger partial charge in [-0.15, -0.1) is 0 Å². The van der Waals surface area contributed by atoms with E-state index in [1.54, 1.807) is 4.90 Å². The van der Waals surface area contributed by atoms with E-state index < -0.39 is 5.92 Å². The Labute approximate surface area is 155 Å². The molecule has 2 aliphatic heterocycles. The third-order valence-electron chi connectivity index (χ3n) is 5.23. The van der Waals surface area contributed by atoms with Crippen LogP contribution >= 0.6 is 0 Å². The Balaban J connectivity index is 1.43. The molecule has 2 aliphatic rings. The maximum atomic E-state index is 12.6. The highest BCUT2D eigenvalue weighted by Gasteiger charge is 2.37. The molecule has 26 heavy (non-hydrogen) atoms. The zero-order valence-corrected chi connectivity index (χ0v) is 15.6. The highest BCUT2D eigenvalue weighted by molar-refractivity contribution is 6.09. The number of hydrogen-bond acceptors (Lipinski definition) is 4. The van der Waals surface area contributed by atoms with Crippen molar-refractivity contribution in [2.75, 3.05) is 50.8 Å². The van der Waals surface area contributed by atoms with Crippen LogP contribution in [0, 0.1) is 5.92 Å². The van der Waals surface area contributed by atoms with E-state index in [1.165, 1.54) is 5.56 Å². The molecule has 0 aromatic heterocycles. The van der Waals surface area contributed by atoms with Crippen molar-refractivity contribution in [1.29, 1.82) is 0 Å². The predicted molar refractivity (Wildman–Crippen MR) is 101 cm³/mol. The van der Waals surface area contributed by atoms with Crippen molar-refractivity contribution in [2.24, 2.45) is 5.92 Å². The minimum Gasteiger partial charge on any atom is -0.379 e. The van der Waals surface area contributed by atoms with E-state index >= 15 is 0 Å². The van der Waals surface area contributed by atoms with Gasteiger partial charge in [-0.1, -0.05) is 19.1 Å². The lowest BCUT2D eigenvalue weighted by molar-refractivity contribution is -0.132. The topological polar surface area (TPSA) is 61.9 Å². The Bertz CT molecular complexity index is 611. The summed E-state index contributed by atoms with van der Waals surface area (Å²) in [7, 11) is 0. The van der Waals surface area contributed by atoms with E-state index in [-0.39, 0.29) is 11.8 Å². The van der Waals surface area contributed by atoms with Gasteiger partial charge in [0.05, 0.1) is 13.2 Å². The van der Waals surface area contributed by atoms with E-state index in [2.05, 4.69) is 17.1 Å². The molecule has 2 amide bonds. The second-order valence-electron chi connectivity index (χ2n) is 6.95. The number of anilines is 1. The fourth-order valence-corrected chi connectivity index (χ4v) is 3.55. The van der Waals surface area contributed by atoms with Gasteiger partial charge < -0.3 is 15.0 Å². The molecule has 2 fully saturated rings. The Morgan fingerprint density at radius 3 is 2.62 bits per heavy atom. The molecule has 1 aromatic carbocycles. The molecular weight excluding hydrogens is 330 g/mol. The smallest absolute Gasteiger partial charge is 0.239 e. The molecule has 6 nitrogen and oxygen atoms in total. The lowest BCUT2D eigenvalue weighted by Gasteiger charge is -2.26. The molecule has 0 bridgehead atoms. The van der Waals surface area contributed by atoms with Crippen LogP contribution in [0.3, 0.4) is 0 Å². The summed E-state index contributed by atoms with van der Waals surface area (Å²) in [4.78, 5) is 29.1. The fourth-order valence-electron chi connectivity index (χ4n) is 3.55. The van der Waals surface area contributed by atoms with Crippen molar-refractivity contribution in [3.8, 4) is 0 Å². The molecule has 6 heteroatoms. The first-order valence-corrected chi connectivity index (χ1v) is 9.67. The quantitative estimate of drug-likeness (QED) is 0.591. The number of nitrogens with zero attached hydrogens (tertiary/aromatic N) is 2. The predicted octanol–water partition coefficient (Wildman–Crippen LogP) is 1.44. The molecular formula is C20H29N3O3. The normalized spacial score (nSPS) is 21.2. The molecule has 0 aliphatic carbocycles. The summed E-state index contributed by atoms with van der Waals surface area (Å²) in [5.74, 6) is -0.770. The standard InChI is InChI=1S/C20H29N3O3/c1-2-16-4-6-17(7-5-16)23-11-8-18(20(23)25)19(24)21-9-3-10-22-12-14-26-15-13-22/h4-7,18H,2-3,8-15H2,1H3,(H,21,24). The number of nitrogens with one attached hydrogen (secondary N) is 1. The number of morpholine rings is 1. The van der Waals surface area contributed by atoms with Crippen LogP contribution in [0.25, 0.3) is 0 Å². The molecule has 142 valence electrons. The van der Waals surface area contributed by atoms with Gasteiger partial charge in [-0.3, -0.25) is 14.5 Å². The van der Waals surface area contributed by atoms with Gasteiger partial charge in [0.25, 0.3) is 0 Å². The molecule has 1 unspecified atom stereocenters. The van der Waals surface area contributed by atoms with Crippen LogP contribution in [0.5, 0.6) is 0 Å². The lowest BCUT2D eigenvalue weighted by Crippen LogP contribution is -2.40. The van der Waals surface area contributed by atoms with Crippen LogP contribution in [-0.4, -0.2) is 62.7 Å². The van der Waals surface area contributed by atoms with Gasteiger partial charge in [-0.25, -0.2) is 0 Å². The van der Waals surface area contributed by atoms with E-state index in [0.717, 1.165) is 51.4 Å². The molecule has 2 saturated heterocycles. The Morgan fingerprint density at radius 2 is 1.92 bits per heavy atom. The number of ether oxygens (including phenoxy) is 1. The van der Waals surface area contributed by atoms with Gasteiger partial charge in [0.2, 0.25) is 11.8 Å². The van der Waals surface area contributed by atoms with Crippen LogP contribution in [0.1, 0.15) is 25.3 Å². The molecule has 2 heterocycles. The number of rotatable bonds is 7. The SMILES string of the molecule is CCc1ccc(N2CCC(C(=O)NCCCN3CCOCC3)C2=O)cc1. The van der Waals surface area contributed by atoms with Crippen molar-refractivity contribution >= 4 is 17.5 Å². The summed E-state index contributed by atoms with van der Waals surface area (Å²) in [5.41, 5.74) is 2.13. The molecule has 0 radical (unpaired) electrons. The minimum atomic E-state index is -0.552. The first-order chi connectivity index (χ1) is 12.7. The number of amides is 2. The highest BCUT2D eigenvalue weighted by Crippen LogP contribution is 2.25. The van der Waals surface area contributed by atoms with Gasteiger partial charge in [0.15, 0.2) is 0 Å². The van der Waals surface area contributed by atoms with Gasteiger partial charge >= 0.3 is 0 Å². The van der Waals surface area contributed by atoms with Crippen LogP contribution in [-0.2, 0) is 20.7 Å². The number of carbonyl (C=O) groups is 2. The van der Waals surface area contributed by atoms with Crippen molar-refractivity contribution in [1.82, 2.24) is 10.2 Å². The zero-order valence-electron chi connectivity index (χ0n) is 15.6. The van der Waals surface area contributed by atoms with Crippen molar-refractivity contribution in [2.45, 2.75) is 26.2 Å². The first kappa shape index (κ1) is 18.9. The largest absolute Gasteiger partial charge is 0.379 e. The Morgan fingerprint density at radius 1 is 1.19 bits per heavy atom. The van der Waals surface area contributed by atoms with Gasteiger partial charge in [-0.2, -0.15) is 0 Å². The van der Waals surface area contributed by atoms with Crippen molar-refractivity contribution in [3.05, 3.63) is 29.8 Å².